The third kappa shape index (κ3) is 4.86. The van der Waals surface area contributed by atoms with Gasteiger partial charge >= 0.3 is 6.03 Å². The molecule has 0 unspecified atom stereocenters. The minimum absolute atomic E-state index is 0.167. The zero-order chi connectivity index (χ0) is 16.8. The Morgan fingerprint density at radius 1 is 1.17 bits per heavy atom. The second-order valence-corrected chi connectivity index (χ2v) is 5.66. The smallest absolute Gasteiger partial charge is 0.322 e. The lowest BCUT2D eigenvalue weighted by molar-refractivity contribution is 0.149. The van der Waals surface area contributed by atoms with Gasteiger partial charge in [0.25, 0.3) is 0 Å². The predicted molar refractivity (Wildman–Crippen MR) is 90.7 cm³/mol. The average Bonchev–Trinajstić information content (AvgIpc) is 2.92. The van der Waals surface area contributed by atoms with E-state index in [1.807, 2.05) is 51.1 Å². The first-order chi connectivity index (χ1) is 11.0. The number of ether oxygens (including phenoxy) is 1. The maximum Gasteiger partial charge on any atom is 0.322 e. The van der Waals surface area contributed by atoms with E-state index in [4.69, 9.17) is 9.15 Å². The van der Waals surface area contributed by atoms with Crippen LogP contribution in [-0.2, 0) is 11.3 Å². The maximum atomic E-state index is 12.5. The maximum absolute atomic E-state index is 12.5. The van der Waals surface area contributed by atoms with Crippen LogP contribution in [0.15, 0.2) is 34.7 Å². The topological polar surface area (TPSA) is 54.7 Å². The summed E-state index contributed by atoms with van der Waals surface area (Å²) in [5, 5.41) is 2.94. The van der Waals surface area contributed by atoms with Crippen molar-refractivity contribution in [3.63, 3.8) is 0 Å². The lowest BCUT2D eigenvalue weighted by atomic mass is 10.1. The summed E-state index contributed by atoms with van der Waals surface area (Å²) in [7, 11) is 1.62. The van der Waals surface area contributed by atoms with Gasteiger partial charge in [-0.05, 0) is 56.2 Å². The molecule has 1 aromatic heterocycles. The van der Waals surface area contributed by atoms with Crippen LogP contribution in [0.3, 0.4) is 0 Å². The number of nitrogens with zero attached hydrogens (tertiary/aromatic N) is 1. The number of furan rings is 1. The minimum atomic E-state index is -0.167. The van der Waals surface area contributed by atoms with E-state index in [-0.39, 0.29) is 6.03 Å². The minimum Gasteiger partial charge on any atom is -0.464 e. The van der Waals surface area contributed by atoms with E-state index in [2.05, 4.69) is 5.32 Å². The summed E-state index contributed by atoms with van der Waals surface area (Å²) < 4.78 is 10.7. The van der Waals surface area contributed by atoms with Crippen LogP contribution >= 0.6 is 0 Å². The second-order valence-electron chi connectivity index (χ2n) is 5.66. The molecule has 2 amide bonds. The van der Waals surface area contributed by atoms with Gasteiger partial charge < -0.3 is 19.4 Å². The first-order valence-electron chi connectivity index (χ1n) is 7.67. The van der Waals surface area contributed by atoms with Gasteiger partial charge in [-0.3, -0.25) is 0 Å². The summed E-state index contributed by atoms with van der Waals surface area (Å²) in [5.41, 5.74) is 3.13. The van der Waals surface area contributed by atoms with Crippen LogP contribution in [0.25, 0.3) is 0 Å². The largest absolute Gasteiger partial charge is 0.464 e. The number of hydrogen-bond donors (Lipinski definition) is 1. The van der Waals surface area contributed by atoms with E-state index in [9.17, 15) is 4.79 Å². The molecule has 0 spiro atoms. The van der Waals surface area contributed by atoms with Crippen LogP contribution in [0.5, 0.6) is 0 Å². The standard InChI is InChI=1S/C18H24N2O3/c1-13-5-7-16(11-14(13)2)19-18(21)20(9-10-22-4)12-17-8-6-15(3)23-17/h5-8,11H,9-10,12H2,1-4H3,(H,19,21). The van der Waals surface area contributed by atoms with Gasteiger partial charge in [-0.1, -0.05) is 6.07 Å². The third-order valence-corrected chi connectivity index (χ3v) is 3.75. The van der Waals surface area contributed by atoms with Crippen molar-refractivity contribution in [1.82, 2.24) is 4.90 Å². The summed E-state index contributed by atoms with van der Waals surface area (Å²) in [6.07, 6.45) is 0. The van der Waals surface area contributed by atoms with Crippen LogP contribution < -0.4 is 5.32 Å². The highest BCUT2D eigenvalue weighted by molar-refractivity contribution is 5.89. The number of hydrogen-bond acceptors (Lipinski definition) is 3. The zero-order valence-electron chi connectivity index (χ0n) is 14.2. The Balaban J connectivity index is 2.07. The highest BCUT2D eigenvalue weighted by Gasteiger charge is 2.16. The fraction of sp³-hybridized carbons (Fsp3) is 0.389. The lowest BCUT2D eigenvalue weighted by Gasteiger charge is -2.22. The number of benzene rings is 1. The molecule has 2 rings (SSSR count). The zero-order valence-corrected chi connectivity index (χ0v) is 14.2. The molecule has 0 bridgehead atoms. The highest BCUT2D eigenvalue weighted by atomic mass is 16.5. The van der Waals surface area contributed by atoms with E-state index in [0.29, 0.717) is 19.7 Å². The number of amides is 2. The van der Waals surface area contributed by atoms with Gasteiger partial charge in [0.15, 0.2) is 0 Å². The van der Waals surface area contributed by atoms with Crippen molar-refractivity contribution in [3.05, 3.63) is 53.0 Å². The quantitative estimate of drug-likeness (QED) is 0.879. The van der Waals surface area contributed by atoms with Crippen LogP contribution in [-0.4, -0.2) is 31.2 Å². The van der Waals surface area contributed by atoms with E-state index in [1.165, 1.54) is 5.56 Å². The third-order valence-electron chi connectivity index (χ3n) is 3.75. The second kappa shape index (κ2) is 7.83. The molecular formula is C18H24N2O3. The molecule has 0 saturated heterocycles. The number of methoxy groups -OCH3 is 1. The van der Waals surface area contributed by atoms with Crippen molar-refractivity contribution in [1.29, 1.82) is 0 Å². The number of carbonyl (C=O) groups excluding carboxylic acids is 1. The van der Waals surface area contributed by atoms with E-state index in [1.54, 1.807) is 12.0 Å². The Kier molecular flexibility index (Phi) is 5.82. The average molecular weight is 316 g/mol. The molecule has 1 aromatic carbocycles. The molecule has 2 aromatic rings. The summed E-state index contributed by atoms with van der Waals surface area (Å²) in [6.45, 7) is 7.34. The molecule has 1 heterocycles. The van der Waals surface area contributed by atoms with Gasteiger partial charge in [0.1, 0.15) is 11.5 Å². The predicted octanol–water partition coefficient (Wildman–Crippen LogP) is 3.89. The molecule has 1 N–H and O–H groups in total. The number of carbonyl (C=O) groups is 1. The molecule has 23 heavy (non-hydrogen) atoms. The molecule has 5 nitrogen and oxygen atoms in total. The Bertz CT molecular complexity index is 664. The van der Waals surface area contributed by atoms with Crippen molar-refractivity contribution in [2.45, 2.75) is 27.3 Å². The van der Waals surface area contributed by atoms with Crippen LogP contribution in [0.2, 0.25) is 0 Å². The first-order valence-corrected chi connectivity index (χ1v) is 7.67. The molecule has 0 aliphatic heterocycles. The molecule has 0 fully saturated rings. The molecule has 0 radical (unpaired) electrons. The lowest BCUT2D eigenvalue weighted by Crippen LogP contribution is -2.36. The molecule has 5 heteroatoms. The monoisotopic (exact) mass is 316 g/mol. The Morgan fingerprint density at radius 2 is 1.96 bits per heavy atom. The Labute approximate surface area is 137 Å². The SMILES string of the molecule is COCCN(Cc1ccc(C)o1)C(=O)Nc1ccc(C)c(C)c1. The fourth-order valence-electron chi connectivity index (χ4n) is 2.23. The summed E-state index contributed by atoms with van der Waals surface area (Å²) in [4.78, 5) is 14.2. The van der Waals surface area contributed by atoms with Crippen LogP contribution in [0, 0.1) is 20.8 Å². The molecule has 0 saturated carbocycles. The normalized spacial score (nSPS) is 10.6. The van der Waals surface area contributed by atoms with Crippen molar-refractivity contribution in [2.75, 3.05) is 25.6 Å². The highest BCUT2D eigenvalue weighted by Crippen LogP contribution is 2.16. The van der Waals surface area contributed by atoms with Crippen molar-refractivity contribution < 1.29 is 13.9 Å². The van der Waals surface area contributed by atoms with Crippen molar-refractivity contribution in [2.24, 2.45) is 0 Å². The van der Waals surface area contributed by atoms with Crippen molar-refractivity contribution >= 4 is 11.7 Å². The first kappa shape index (κ1) is 17.1. The van der Waals surface area contributed by atoms with Gasteiger partial charge in [-0.2, -0.15) is 0 Å². The van der Waals surface area contributed by atoms with Gasteiger partial charge in [0.05, 0.1) is 13.2 Å². The Morgan fingerprint density at radius 3 is 2.57 bits per heavy atom. The molecule has 0 aliphatic carbocycles. The van der Waals surface area contributed by atoms with E-state index in [0.717, 1.165) is 22.8 Å². The number of anilines is 1. The number of nitrogens with one attached hydrogen (secondary N) is 1. The van der Waals surface area contributed by atoms with Gasteiger partial charge in [0, 0.05) is 19.3 Å². The Hall–Kier alpha value is -2.27. The van der Waals surface area contributed by atoms with Crippen LogP contribution in [0.1, 0.15) is 22.6 Å². The number of urea groups is 1. The fourth-order valence-corrected chi connectivity index (χ4v) is 2.23. The molecule has 124 valence electrons. The van der Waals surface area contributed by atoms with Crippen LogP contribution in [0.4, 0.5) is 10.5 Å². The van der Waals surface area contributed by atoms with Gasteiger partial charge in [0.2, 0.25) is 0 Å². The van der Waals surface area contributed by atoms with Gasteiger partial charge in [-0.15, -0.1) is 0 Å². The molecular weight excluding hydrogens is 292 g/mol. The van der Waals surface area contributed by atoms with E-state index >= 15 is 0 Å². The summed E-state index contributed by atoms with van der Waals surface area (Å²) in [5.74, 6) is 1.59. The van der Waals surface area contributed by atoms with Gasteiger partial charge in [-0.25, -0.2) is 4.79 Å². The molecule has 0 atom stereocenters. The summed E-state index contributed by atoms with van der Waals surface area (Å²) in [6, 6.07) is 9.49. The summed E-state index contributed by atoms with van der Waals surface area (Å²) >= 11 is 0. The number of aryl methyl sites for hydroxylation is 3. The molecule has 0 aliphatic rings. The number of rotatable bonds is 6. The van der Waals surface area contributed by atoms with Crippen molar-refractivity contribution in [3.8, 4) is 0 Å². The van der Waals surface area contributed by atoms with E-state index < -0.39 is 0 Å².